The van der Waals surface area contributed by atoms with Gasteiger partial charge in [-0.05, 0) is 0 Å². The molecule has 0 saturated carbocycles. The Labute approximate surface area is 141 Å². The van der Waals surface area contributed by atoms with Gasteiger partial charge in [-0.15, -0.1) is 0 Å². The minimum Gasteiger partial charge on any atom is 0 e. The second-order valence-corrected chi connectivity index (χ2v) is 3.36. The Morgan fingerprint density at radius 2 is 1.61 bits per heavy atom. The maximum absolute atomic E-state index is 10.8. The van der Waals surface area contributed by atoms with E-state index in [4.69, 9.17) is 14.8 Å². The third-order valence-electron chi connectivity index (χ3n) is 1.44. The largest absolute Gasteiger partial charge is 0 e. The summed E-state index contributed by atoms with van der Waals surface area (Å²) < 4.78 is 21.8. The van der Waals surface area contributed by atoms with E-state index in [1.54, 1.807) is 0 Å². The Balaban J connectivity index is -0.00000112. The minimum absolute atomic E-state index is 0. The molecule has 18 heavy (non-hydrogen) atoms. The van der Waals surface area contributed by atoms with E-state index in [1.165, 1.54) is 0 Å². The quantitative estimate of drug-likeness (QED) is 0.310. The number of aliphatic carboxylic acids is 2. The molecular weight excluding hydrogens is 319 g/mol. The molecule has 2 unspecified atom stereocenters. The normalized spacial score (nSPS) is 14.1. The number of carbonyl (C=O) groups excluding carboxylic acids is 1. The number of aliphatic hydroxyl groups is 1. The third-order valence-corrected chi connectivity index (χ3v) is 1.77. The topological polar surface area (TPSA) is 158 Å². The van der Waals surface area contributed by atoms with Gasteiger partial charge in [0.05, 0.1) is 12.8 Å². The number of carboxylic acid groups (broad SMARTS) is 2. The fourth-order valence-corrected chi connectivity index (χ4v) is 1.03. The number of carboxylic acids is 2. The van der Waals surface area contributed by atoms with E-state index in [0.717, 1.165) is 0 Å². The van der Waals surface area contributed by atoms with Crippen LogP contribution in [-0.2, 0) is 51.6 Å². The van der Waals surface area contributed by atoms with Crippen LogP contribution < -0.4 is 0 Å². The van der Waals surface area contributed by atoms with E-state index in [0.29, 0.717) is 0 Å². The average Bonchev–Trinajstić information content (AvgIpc) is 1.98. The van der Waals surface area contributed by atoms with Crippen molar-refractivity contribution in [1.29, 1.82) is 0 Å². The molecule has 0 aliphatic rings. The number of rotatable bonds is 6. The number of carbonyl (C=O) groups is 3. The number of hydrogen-bond acceptors (Lipinski definition) is 6. The zero-order valence-corrected chi connectivity index (χ0v) is 10.5. The minimum atomic E-state index is -2.96. The zero-order chi connectivity index (χ0) is 12.9. The van der Waals surface area contributed by atoms with Crippen LogP contribution in [0, 0.1) is 0 Å². The Morgan fingerprint density at radius 1 is 1.17 bits per heavy atom. The molecule has 0 aromatic rings. The van der Waals surface area contributed by atoms with Crippen molar-refractivity contribution in [1.82, 2.24) is 0 Å². The van der Waals surface area contributed by atoms with Crippen LogP contribution in [-0.4, -0.2) is 77.1 Å². The standard InChI is InChI=1S/C6H8O9S.Na.Ti.H/c7-3(8)1-6(12,5(10)11)2-4(9)15-16(13)14;;;/h12H,1-2H2,(H,7,8)(H,10,11)(H,13,14);;;. The van der Waals surface area contributed by atoms with Gasteiger partial charge in [-0.25, -0.2) is 4.79 Å². The smallest absolute Gasteiger partial charge is 0 e. The molecule has 0 aliphatic carbocycles. The van der Waals surface area contributed by atoms with Gasteiger partial charge in [0, 0.05) is 21.7 Å². The van der Waals surface area contributed by atoms with E-state index in [1.807, 2.05) is 0 Å². The van der Waals surface area contributed by atoms with Crippen LogP contribution in [0.1, 0.15) is 12.8 Å². The maximum atomic E-state index is 10.8. The Kier molecular flexibility index (Phi) is 13.0. The van der Waals surface area contributed by atoms with E-state index >= 15 is 0 Å². The first-order chi connectivity index (χ1) is 7.17. The van der Waals surface area contributed by atoms with E-state index in [2.05, 4.69) is 4.18 Å². The molecule has 0 aliphatic heterocycles. The van der Waals surface area contributed by atoms with Gasteiger partial charge in [-0.1, -0.05) is 0 Å². The van der Waals surface area contributed by atoms with Crippen LogP contribution in [0.15, 0.2) is 0 Å². The molecule has 0 rings (SSSR count). The molecule has 0 aromatic carbocycles. The molecule has 0 saturated heterocycles. The van der Waals surface area contributed by atoms with Gasteiger partial charge in [0.1, 0.15) is 0 Å². The Bertz CT molecular complexity index is 348. The van der Waals surface area contributed by atoms with Crippen LogP contribution in [0.2, 0.25) is 0 Å². The van der Waals surface area contributed by atoms with Crippen LogP contribution in [0.5, 0.6) is 0 Å². The van der Waals surface area contributed by atoms with Crippen LogP contribution in [0.4, 0.5) is 0 Å². The number of hydrogen-bond donors (Lipinski definition) is 4. The monoisotopic (exact) mass is 328 g/mol. The summed E-state index contributed by atoms with van der Waals surface area (Å²) in [7, 11) is 0. The van der Waals surface area contributed by atoms with Gasteiger partial charge in [-0.3, -0.25) is 14.1 Å². The zero-order valence-electron chi connectivity index (χ0n) is 8.15. The van der Waals surface area contributed by atoms with Crippen LogP contribution >= 0.6 is 0 Å². The summed E-state index contributed by atoms with van der Waals surface area (Å²) in [5.74, 6) is -5.11. The van der Waals surface area contributed by atoms with E-state index in [9.17, 15) is 23.7 Å². The summed E-state index contributed by atoms with van der Waals surface area (Å²) >= 11 is -2.96. The first-order valence-corrected chi connectivity index (χ1v) is 4.70. The maximum Gasteiger partial charge on any atom is 0 e. The van der Waals surface area contributed by atoms with Crippen molar-refractivity contribution >= 4 is 58.8 Å². The molecular formula is C6H9NaO9STi. The van der Waals surface area contributed by atoms with Crippen molar-refractivity contribution < 1.29 is 64.4 Å². The third kappa shape index (κ3) is 9.17. The summed E-state index contributed by atoms with van der Waals surface area (Å²) in [5, 5.41) is 26.1. The molecule has 98 valence electrons. The van der Waals surface area contributed by atoms with Crippen LogP contribution in [0.25, 0.3) is 0 Å². The van der Waals surface area contributed by atoms with Gasteiger partial charge in [0.15, 0.2) is 5.60 Å². The second kappa shape index (κ2) is 10.0. The van der Waals surface area contributed by atoms with Crippen molar-refractivity contribution in [3.05, 3.63) is 0 Å². The van der Waals surface area contributed by atoms with E-state index in [-0.39, 0.29) is 51.3 Å². The fraction of sp³-hybridized carbons (Fsp3) is 0.500. The molecule has 0 aromatic heterocycles. The molecule has 0 heterocycles. The molecule has 2 atom stereocenters. The van der Waals surface area contributed by atoms with Gasteiger partial charge in [-0.2, -0.15) is 4.21 Å². The van der Waals surface area contributed by atoms with Crippen molar-refractivity contribution in [2.75, 3.05) is 0 Å². The van der Waals surface area contributed by atoms with Gasteiger partial charge in [0.2, 0.25) is 0 Å². The Hall–Kier alpha value is 0.194. The Morgan fingerprint density at radius 3 is 1.89 bits per heavy atom. The van der Waals surface area contributed by atoms with E-state index < -0.39 is 47.7 Å². The van der Waals surface area contributed by atoms with Gasteiger partial charge in [0.25, 0.3) is 0 Å². The first-order valence-electron chi connectivity index (χ1n) is 3.67. The molecule has 12 heteroatoms. The van der Waals surface area contributed by atoms with Gasteiger partial charge < -0.3 is 19.5 Å². The molecule has 0 radical (unpaired) electrons. The average molecular weight is 328 g/mol. The summed E-state index contributed by atoms with van der Waals surface area (Å²) in [6.07, 6.45) is -2.49. The van der Waals surface area contributed by atoms with Crippen molar-refractivity contribution in [2.45, 2.75) is 18.4 Å². The second-order valence-electron chi connectivity index (χ2n) is 2.76. The first kappa shape index (κ1) is 23.3. The van der Waals surface area contributed by atoms with Crippen molar-refractivity contribution in [3.63, 3.8) is 0 Å². The van der Waals surface area contributed by atoms with Gasteiger partial charge >= 0.3 is 58.8 Å². The SMILES string of the molecule is O=C(O)CC(O)(CC(=O)OS(=O)O)C(=O)O.[NaH].[Ti]. The molecule has 0 fully saturated rings. The van der Waals surface area contributed by atoms with Crippen molar-refractivity contribution in [3.8, 4) is 0 Å². The summed E-state index contributed by atoms with van der Waals surface area (Å²) in [6.45, 7) is 0. The fourth-order valence-electron chi connectivity index (χ4n) is 0.812. The molecule has 0 spiro atoms. The summed E-state index contributed by atoms with van der Waals surface area (Å²) in [6, 6.07) is 0. The predicted octanol–water partition coefficient (Wildman–Crippen LogP) is -2.30. The molecule has 9 nitrogen and oxygen atoms in total. The summed E-state index contributed by atoms with van der Waals surface area (Å²) in [5.41, 5.74) is -2.87. The molecule has 0 amide bonds. The summed E-state index contributed by atoms with van der Waals surface area (Å²) in [4.78, 5) is 31.5. The van der Waals surface area contributed by atoms with Crippen molar-refractivity contribution in [2.24, 2.45) is 0 Å². The molecule has 4 N–H and O–H groups in total. The predicted molar refractivity (Wildman–Crippen MR) is 53.5 cm³/mol. The molecule has 0 bridgehead atoms. The van der Waals surface area contributed by atoms with Crippen LogP contribution in [0.3, 0.4) is 0 Å².